The summed E-state index contributed by atoms with van der Waals surface area (Å²) in [5, 5.41) is 10.3. The molecular weight excluding hydrogens is 220 g/mol. The van der Waals surface area contributed by atoms with Crippen LogP contribution in [0, 0.1) is 15.9 Å². The molecule has 0 aliphatic heterocycles. The van der Waals surface area contributed by atoms with Gasteiger partial charge in [-0.15, -0.1) is 0 Å². The molecule has 2 N–H and O–H groups in total. The minimum Gasteiger partial charge on any atom is -0.398 e. The SMILES string of the molecule is Nc1cc(F)c(C(F)(F)F)c([N+](=O)[O-])c1. The van der Waals surface area contributed by atoms with Crippen LogP contribution in [0.4, 0.5) is 28.9 Å². The van der Waals surface area contributed by atoms with Crippen molar-refractivity contribution in [3.05, 3.63) is 33.6 Å². The Balaban J connectivity index is 3.55. The maximum atomic E-state index is 12.9. The Morgan fingerprint density at radius 3 is 2.27 bits per heavy atom. The van der Waals surface area contributed by atoms with Gasteiger partial charge >= 0.3 is 6.18 Å². The van der Waals surface area contributed by atoms with Gasteiger partial charge in [0.2, 0.25) is 0 Å². The number of rotatable bonds is 1. The highest BCUT2D eigenvalue weighted by Crippen LogP contribution is 2.38. The lowest BCUT2D eigenvalue weighted by molar-refractivity contribution is -0.388. The molecule has 0 spiro atoms. The molecule has 0 amide bonds. The smallest absolute Gasteiger partial charge is 0.398 e. The van der Waals surface area contributed by atoms with Crippen molar-refractivity contribution in [1.82, 2.24) is 0 Å². The number of alkyl halides is 3. The topological polar surface area (TPSA) is 69.2 Å². The van der Waals surface area contributed by atoms with E-state index in [1.165, 1.54) is 0 Å². The summed E-state index contributed by atoms with van der Waals surface area (Å²) in [6.07, 6.45) is -5.12. The summed E-state index contributed by atoms with van der Waals surface area (Å²) in [5.74, 6) is -1.76. The van der Waals surface area contributed by atoms with Crippen LogP contribution in [-0.2, 0) is 6.18 Å². The number of nitro groups is 1. The molecule has 1 rings (SSSR count). The first-order valence-electron chi connectivity index (χ1n) is 3.54. The fraction of sp³-hybridized carbons (Fsp3) is 0.143. The average Bonchev–Trinajstić information content (AvgIpc) is 1.99. The highest BCUT2D eigenvalue weighted by atomic mass is 19.4. The van der Waals surface area contributed by atoms with Gasteiger partial charge in [-0.3, -0.25) is 10.1 Å². The molecule has 0 aliphatic rings. The van der Waals surface area contributed by atoms with Gasteiger partial charge in [0.25, 0.3) is 5.69 Å². The number of nitrogen functional groups attached to an aromatic ring is 1. The fourth-order valence-corrected chi connectivity index (χ4v) is 1.04. The van der Waals surface area contributed by atoms with Crippen LogP contribution in [0.3, 0.4) is 0 Å². The van der Waals surface area contributed by atoms with Gasteiger partial charge in [0.15, 0.2) is 5.56 Å². The molecule has 0 saturated carbocycles. The second kappa shape index (κ2) is 3.37. The van der Waals surface area contributed by atoms with Crippen LogP contribution < -0.4 is 5.73 Å². The number of anilines is 1. The molecule has 4 nitrogen and oxygen atoms in total. The van der Waals surface area contributed by atoms with E-state index in [0.717, 1.165) is 0 Å². The molecule has 1 aromatic rings. The standard InChI is InChI=1S/C7H4F4N2O2/c8-4-1-3(12)2-5(13(14)15)6(4)7(9,10)11/h1-2H,12H2. The van der Waals surface area contributed by atoms with Crippen molar-refractivity contribution >= 4 is 11.4 Å². The van der Waals surface area contributed by atoms with Crippen LogP contribution in [0.25, 0.3) is 0 Å². The molecule has 0 heterocycles. The Hall–Kier alpha value is -1.86. The van der Waals surface area contributed by atoms with Crippen molar-refractivity contribution in [1.29, 1.82) is 0 Å². The lowest BCUT2D eigenvalue weighted by Gasteiger charge is -2.08. The number of nitrogens with zero attached hydrogens (tertiary/aromatic N) is 1. The zero-order valence-electron chi connectivity index (χ0n) is 7.01. The van der Waals surface area contributed by atoms with Gasteiger partial charge in [-0.05, 0) is 6.07 Å². The third-order valence-corrected chi connectivity index (χ3v) is 1.57. The quantitative estimate of drug-likeness (QED) is 0.344. The first-order valence-corrected chi connectivity index (χ1v) is 3.54. The van der Waals surface area contributed by atoms with E-state index in [-0.39, 0.29) is 0 Å². The predicted octanol–water partition coefficient (Wildman–Crippen LogP) is 2.33. The van der Waals surface area contributed by atoms with Crippen molar-refractivity contribution < 1.29 is 22.5 Å². The molecule has 0 aliphatic carbocycles. The van der Waals surface area contributed by atoms with Crippen LogP contribution in [-0.4, -0.2) is 4.92 Å². The second-order valence-corrected chi connectivity index (χ2v) is 2.65. The Morgan fingerprint density at radius 2 is 1.87 bits per heavy atom. The number of nitrogens with two attached hydrogens (primary N) is 1. The lowest BCUT2D eigenvalue weighted by atomic mass is 10.1. The molecule has 0 unspecified atom stereocenters. The zero-order chi connectivity index (χ0) is 11.8. The van der Waals surface area contributed by atoms with Crippen LogP contribution in [0.5, 0.6) is 0 Å². The predicted molar refractivity (Wildman–Crippen MR) is 42.5 cm³/mol. The minimum absolute atomic E-state index is 0.385. The molecule has 0 aromatic heterocycles. The van der Waals surface area contributed by atoms with Crippen LogP contribution in [0.2, 0.25) is 0 Å². The Kier molecular flexibility index (Phi) is 2.52. The summed E-state index contributed by atoms with van der Waals surface area (Å²) in [4.78, 5) is 8.93. The first kappa shape index (κ1) is 11.2. The molecule has 0 fully saturated rings. The molecular formula is C7H4F4N2O2. The summed E-state index contributed by atoms with van der Waals surface area (Å²) in [6, 6.07) is 0.849. The summed E-state index contributed by atoms with van der Waals surface area (Å²) in [7, 11) is 0. The van der Waals surface area contributed by atoms with Crippen molar-refractivity contribution in [3.8, 4) is 0 Å². The third kappa shape index (κ3) is 2.14. The van der Waals surface area contributed by atoms with Crippen molar-refractivity contribution in [2.75, 3.05) is 5.73 Å². The van der Waals surface area contributed by atoms with Crippen LogP contribution in [0.1, 0.15) is 5.56 Å². The normalized spacial score (nSPS) is 11.5. The van der Waals surface area contributed by atoms with Gasteiger partial charge in [0.1, 0.15) is 5.82 Å². The largest absolute Gasteiger partial charge is 0.425 e. The molecule has 0 atom stereocenters. The van der Waals surface area contributed by atoms with Gasteiger partial charge in [-0.1, -0.05) is 0 Å². The molecule has 0 saturated heterocycles. The van der Waals surface area contributed by atoms with E-state index in [4.69, 9.17) is 5.73 Å². The minimum atomic E-state index is -5.12. The molecule has 8 heteroatoms. The number of halogens is 4. The summed E-state index contributed by atoms with van der Waals surface area (Å²) in [5.41, 5.74) is 1.26. The van der Waals surface area contributed by atoms with Gasteiger partial charge in [0, 0.05) is 11.8 Å². The number of hydrogen-bond donors (Lipinski definition) is 1. The van der Waals surface area contributed by atoms with Gasteiger partial charge in [-0.25, -0.2) is 4.39 Å². The molecule has 0 bridgehead atoms. The number of hydrogen-bond acceptors (Lipinski definition) is 3. The van der Waals surface area contributed by atoms with Crippen molar-refractivity contribution in [2.45, 2.75) is 6.18 Å². The molecule has 15 heavy (non-hydrogen) atoms. The van der Waals surface area contributed by atoms with Crippen LogP contribution >= 0.6 is 0 Å². The lowest BCUT2D eigenvalue weighted by Crippen LogP contribution is -2.12. The van der Waals surface area contributed by atoms with E-state index in [1.807, 2.05) is 0 Å². The third-order valence-electron chi connectivity index (χ3n) is 1.57. The van der Waals surface area contributed by atoms with Gasteiger partial charge in [-0.2, -0.15) is 13.2 Å². The maximum Gasteiger partial charge on any atom is 0.425 e. The second-order valence-electron chi connectivity index (χ2n) is 2.65. The van der Waals surface area contributed by atoms with E-state index in [0.29, 0.717) is 12.1 Å². The summed E-state index contributed by atoms with van der Waals surface area (Å²) >= 11 is 0. The first-order chi connectivity index (χ1) is 6.73. The Morgan fingerprint density at radius 1 is 1.33 bits per heavy atom. The van der Waals surface area contributed by atoms with Crippen molar-refractivity contribution in [3.63, 3.8) is 0 Å². The zero-order valence-corrected chi connectivity index (χ0v) is 7.01. The molecule has 0 radical (unpaired) electrons. The number of benzene rings is 1. The molecule has 82 valence electrons. The highest BCUT2D eigenvalue weighted by molar-refractivity contribution is 5.54. The number of nitro benzene ring substituents is 1. The monoisotopic (exact) mass is 224 g/mol. The van der Waals surface area contributed by atoms with E-state index in [1.54, 1.807) is 0 Å². The average molecular weight is 224 g/mol. The Bertz CT molecular complexity index is 416. The van der Waals surface area contributed by atoms with Gasteiger partial charge in [0.05, 0.1) is 4.92 Å². The van der Waals surface area contributed by atoms with E-state index < -0.39 is 33.9 Å². The maximum absolute atomic E-state index is 12.9. The van der Waals surface area contributed by atoms with Crippen LogP contribution in [0.15, 0.2) is 12.1 Å². The fourth-order valence-electron chi connectivity index (χ4n) is 1.04. The van der Waals surface area contributed by atoms with Gasteiger partial charge < -0.3 is 5.73 Å². The molecule has 1 aromatic carbocycles. The van der Waals surface area contributed by atoms with E-state index >= 15 is 0 Å². The van der Waals surface area contributed by atoms with E-state index in [2.05, 4.69) is 0 Å². The Labute approximate surface area is 80.5 Å². The van der Waals surface area contributed by atoms with E-state index in [9.17, 15) is 27.7 Å². The van der Waals surface area contributed by atoms with Crippen molar-refractivity contribution in [2.24, 2.45) is 0 Å². The summed E-state index contributed by atoms with van der Waals surface area (Å²) in [6.45, 7) is 0. The highest BCUT2D eigenvalue weighted by Gasteiger charge is 2.41. The summed E-state index contributed by atoms with van der Waals surface area (Å²) < 4.78 is 49.5.